The summed E-state index contributed by atoms with van der Waals surface area (Å²) in [5.41, 5.74) is 0. The van der Waals surface area contributed by atoms with Crippen LogP contribution in [0.5, 0.6) is 0 Å². The van der Waals surface area contributed by atoms with Crippen molar-refractivity contribution in [1.29, 1.82) is 0 Å². The minimum Gasteiger partial charge on any atom is -0.465 e. The molecule has 18 heavy (non-hydrogen) atoms. The highest BCUT2D eigenvalue weighted by Crippen LogP contribution is 2.24. The third-order valence-electron chi connectivity index (χ3n) is 4.63. The zero-order valence-corrected chi connectivity index (χ0v) is 11.5. The monoisotopic (exact) mass is 254 g/mol. The van der Waals surface area contributed by atoms with E-state index < -0.39 is 6.09 Å². The summed E-state index contributed by atoms with van der Waals surface area (Å²) in [7, 11) is 2.25. The van der Waals surface area contributed by atoms with Gasteiger partial charge in [0, 0.05) is 25.7 Å². The lowest BCUT2D eigenvalue weighted by atomic mass is 9.92. The fraction of sp³-hybridized carbons (Fsp3) is 0.929. The van der Waals surface area contributed by atoms with Gasteiger partial charge in [0.25, 0.3) is 0 Å². The molecule has 4 nitrogen and oxygen atoms in total. The molecule has 2 rings (SSSR count). The average molecular weight is 254 g/mol. The van der Waals surface area contributed by atoms with Crippen LogP contribution in [0.2, 0.25) is 0 Å². The molecule has 2 aliphatic rings. The van der Waals surface area contributed by atoms with E-state index in [-0.39, 0.29) is 0 Å². The number of hydrogen-bond acceptors (Lipinski definition) is 2. The summed E-state index contributed by atoms with van der Waals surface area (Å²) < 4.78 is 0. The zero-order chi connectivity index (χ0) is 13.0. The molecule has 0 spiro atoms. The first-order valence-electron chi connectivity index (χ1n) is 7.35. The average Bonchev–Trinajstić information content (AvgIpc) is 2.40. The molecule has 0 aromatic rings. The highest BCUT2D eigenvalue weighted by Gasteiger charge is 2.25. The Balaban J connectivity index is 1.71. The van der Waals surface area contributed by atoms with Crippen LogP contribution in [0, 0.1) is 5.92 Å². The van der Waals surface area contributed by atoms with Crippen LogP contribution < -0.4 is 0 Å². The van der Waals surface area contributed by atoms with Gasteiger partial charge in [-0.25, -0.2) is 4.79 Å². The first kappa shape index (κ1) is 13.7. The van der Waals surface area contributed by atoms with Gasteiger partial charge in [0.2, 0.25) is 0 Å². The van der Waals surface area contributed by atoms with Crippen molar-refractivity contribution in [2.45, 2.75) is 51.0 Å². The van der Waals surface area contributed by atoms with Gasteiger partial charge in [-0.1, -0.05) is 19.3 Å². The van der Waals surface area contributed by atoms with Crippen molar-refractivity contribution in [3.05, 3.63) is 0 Å². The third-order valence-corrected chi connectivity index (χ3v) is 4.63. The van der Waals surface area contributed by atoms with Crippen molar-refractivity contribution in [3.8, 4) is 0 Å². The van der Waals surface area contributed by atoms with Crippen LogP contribution >= 0.6 is 0 Å². The van der Waals surface area contributed by atoms with E-state index in [2.05, 4.69) is 11.9 Å². The van der Waals surface area contributed by atoms with Crippen molar-refractivity contribution >= 4 is 6.09 Å². The van der Waals surface area contributed by atoms with Gasteiger partial charge in [-0.05, 0) is 38.6 Å². The highest BCUT2D eigenvalue weighted by molar-refractivity contribution is 5.64. The Morgan fingerprint density at radius 1 is 1.17 bits per heavy atom. The topological polar surface area (TPSA) is 43.8 Å². The molecule has 2 fully saturated rings. The van der Waals surface area contributed by atoms with Gasteiger partial charge in [0.05, 0.1) is 0 Å². The standard InChI is InChI=1S/C14H26N2O2/c1-15(13-5-3-2-4-6-13)11-12-7-9-16(10-8-12)14(17)18/h12-13H,2-11H2,1H3,(H,17,18). The largest absolute Gasteiger partial charge is 0.465 e. The minimum atomic E-state index is -0.755. The highest BCUT2D eigenvalue weighted by atomic mass is 16.4. The van der Waals surface area contributed by atoms with Crippen LogP contribution in [0.25, 0.3) is 0 Å². The molecule has 1 aliphatic heterocycles. The number of likely N-dealkylation sites (tertiary alicyclic amines) is 1. The van der Waals surface area contributed by atoms with Gasteiger partial charge < -0.3 is 14.9 Å². The van der Waals surface area contributed by atoms with E-state index in [1.165, 1.54) is 32.1 Å². The fourth-order valence-electron chi connectivity index (χ4n) is 3.38. The number of nitrogens with zero attached hydrogens (tertiary/aromatic N) is 2. The summed E-state index contributed by atoms with van der Waals surface area (Å²) in [5, 5.41) is 8.93. The molecule has 0 bridgehead atoms. The maximum Gasteiger partial charge on any atom is 0.407 e. The second-order valence-electron chi connectivity index (χ2n) is 5.94. The zero-order valence-electron chi connectivity index (χ0n) is 11.5. The van der Waals surface area contributed by atoms with Gasteiger partial charge in [0.15, 0.2) is 0 Å². The molecule has 1 saturated carbocycles. The van der Waals surface area contributed by atoms with Crippen LogP contribution in [-0.4, -0.2) is 53.7 Å². The lowest BCUT2D eigenvalue weighted by Gasteiger charge is -2.36. The summed E-state index contributed by atoms with van der Waals surface area (Å²) in [6.07, 6.45) is 8.18. The Bertz CT molecular complexity index is 269. The van der Waals surface area contributed by atoms with E-state index in [0.29, 0.717) is 5.92 Å². The van der Waals surface area contributed by atoms with Crippen molar-refractivity contribution < 1.29 is 9.90 Å². The molecule has 1 aliphatic carbocycles. The molecule has 0 unspecified atom stereocenters. The second-order valence-corrected chi connectivity index (χ2v) is 5.94. The number of amides is 1. The Morgan fingerprint density at radius 2 is 1.78 bits per heavy atom. The number of rotatable bonds is 3. The quantitative estimate of drug-likeness (QED) is 0.842. The normalized spacial score (nSPS) is 23.6. The maximum absolute atomic E-state index is 10.8. The van der Waals surface area contributed by atoms with Crippen molar-refractivity contribution in [2.75, 3.05) is 26.7 Å². The van der Waals surface area contributed by atoms with Gasteiger partial charge in [-0.3, -0.25) is 0 Å². The predicted octanol–water partition coefficient (Wildman–Crippen LogP) is 2.64. The summed E-state index contributed by atoms with van der Waals surface area (Å²) in [6, 6.07) is 0.774. The van der Waals surface area contributed by atoms with E-state index in [1.807, 2.05) is 0 Å². The molecule has 1 saturated heterocycles. The Kier molecular flexibility index (Phi) is 4.87. The van der Waals surface area contributed by atoms with Crippen LogP contribution in [0.3, 0.4) is 0 Å². The van der Waals surface area contributed by atoms with Crippen molar-refractivity contribution in [3.63, 3.8) is 0 Å². The molecule has 0 aromatic heterocycles. The molecule has 0 radical (unpaired) electrons. The van der Waals surface area contributed by atoms with E-state index in [9.17, 15) is 4.79 Å². The van der Waals surface area contributed by atoms with Crippen LogP contribution in [0.1, 0.15) is 44.9 Å². The van der Waals surface area contributed by atoms with Gasteiger partial charge in [-0.15, -0.1) is 0 Å². The number of hydrogen-bond donors (Lipinski definition) is 1. The van der Waals surface area contributed by atoms with E-state index in [4.69, 9.17) is 5.11 Å². The first-order valence-corrected chi connectivity index (χ1v) is 7.35. The number of piperidine rings is 1. The molecule has 0 atom stereocenters. The smallest absolute Gasteiger partial charge is 0.407 e. The van der Waals surface area contributed by atoms with Gasteiger partial charge in [-0.2, -0.15) is 0 Å². The lowest BCUT2D eigenvalue weighted by molar-refractivity contribution is 0.104. The van der Waals surface area contributed by atoms with Crippen LogP contribution in [0.4, 0.5) is 4.79 Å². The van der Waals surface area contributed by atoms with Gasteiger partial charge >= 0.3 is 6.09 Å². The SMILES string of the molecule is CN(CC1CCN(C(=O)O)CC1)C1CCCCC1. The van der Waals surface area contributed by atoms with Gasteiger partial charge in [0.1, 0.15) is 0 Å². The van der Waals surface area contributed by atoms with E-state index in [0.717, 1.165) is 38.5 Å². The second kappa shape index (κ2) is 6.41. The fourth-order valence-corrected chi connectivity index (χ4v) is 3.38. The molecule has 1 heterocycles. The molecule has 1 N–H and O–H groups in total. The molecule has 4 heteroatoms. The molecule has 1 amide bonds. The molecular formula is C14H26N2O2. The number of carboxylic acid groups (broad SMARTS) is 1. The molecular weight excluding hydrogens is 228 g/mol. The summed E-state index contributed by atoms with van der Waals surface area (Å²) >= 11 is 0. The Morgan fingerprint density at radius 3 is 2.33 bits per heavy atom. The Labute approximate surface area is 110 Å². The van der Waals surface area contributed by atoms with E-state index >= 15 is 0 Å². The summed E-state index contributed by atoms with van der Waals surface area (Å²) in [5.74, 6) is 0.688. The minimum absolute atomic E-state index is 0.688. The molecule has 104 valence electrons. The lowest BCUT2D eigenvalue weighted by Crippen LogP contribution is -2.42. The van der Waals surface area contributed by atoms with Crippen LogP contribution in [-0.2, 0) is 0 Å². The maximum atomic E-state index is 10.8. The summed E-state index contributed by atoms with van der Waals surface area (Å²) in [6.45, 7) is 2.59. The van der Waals surface area contributed by atoms with E-state index in [1.54, 1.807) is 4.90 Å². The van der Waals surface area contributed by atoms with Crippen molar-refractivity contribution in [1.82, 2.24) is 9.80 Å². The number of carbonyl (C=O) groups is 1. The molecule has 0 aromatic carbocycles. The van der Waals surface area contributed by atoms with Crippen LogP contribution in [0.15, 0.2) is 0 Å². The predicted molar refractivity (Wildman–Crippen MR) is 71.8 cm³/mol. The first-order chi connectivity index (χ1) is 8.66. The summed E-state index contributed by atoms with van der Waals surface area (Å²) in [4.78, 5) is 14.9. The Hall–Kier alpha value is -0.770. The van der Waals surface area contributed by atoms with Crippen molar-refractivity contribution in [2.24, 2.45) is 5.92 Å². The third kappa shape index (κ3) is 3.61.